The van der Waals surface area contributed by atoms with Crippen LogP contribution in [0.5, 0.6) is 0 Å². The van der Waals surface area contributed by atoms with Gasteiger partial charge in [-0.3, -0.25) is 4.79 Å². The Hall–Kier alpha value is -2.73. The molecular formula is C18H14ClFN4O. The minimum Gasteiger partial charge on any atom is -0.329 e. The molecule has 2 heterocycles. The summed E-state index contributed by atoms with van der Waals surface area (Å²) in [7, 11) is 0. The van der Waals surface area contributed by atoms with Gasteiger partial charge in [-0.05, 0) is 18.2 Å². The molecule has 0 aliphatic carbocycles. The number of halogens is 2. The van der Waals surface area contributed by atoms with E-state index in [-0.39, 0.29) is 10.9 Å². The molecule has 7 heteroatoms. The average Bonchev–Trinajstić information content (AvgIpc) is 3.05. The molecule has 25 heavy (non-hydrogen) atoms. The molecule has 1 aromatic heterocycles. The van der Waals surface area contributed by atoms with Gasteiger partial charge >= 0.3 is 0 Å². The summed E-state index contributed by atoms with van der Waals surface area (Å²) in [5.41, 5.74) is 1.28. The van der Waals surface area contributed by atoms with Crippen molar-refractivity contribution in [1.29, 1.82) is 0 Å². The Morgan fingerprint density at radius 2 is 1.88 bits per heavy atom. The van der Waals surface area contributed by atoms with Crippen molar-refractivity contribution in [3.8, 4) is 11.4 Å². The van der Waals surface area contributed by atoms with E-state index in [0.29, 0.717) is 25.2 Å². The van der Waals surface area contributed by atoms with Crippen LogP contribution in [0, 0.1) is 5.82 Å². The quantitative estimate of drug-likeness (QED) is 0.707. The molecule has 1 aliphatic rings. The first-order valence-electron chi connectivity index (χ1n) is 7.85. The van der Waals surface area contributed by atoms with Crippen molar-refractivity contribution >= 4 is 17.5 Å². The second-order valence-corrected chi connectivity index (χ2v) is 6.22. The molecule has 5 nitrogen and oxygen atoms in total. The molecule has 0 spiro atoms. The second-order valence-electron chi connectivity index (χ2n) is 5.81. The minimum atomic E-state index is -0.465. The number of nitrogens with zero attached hydrogens (tertiary/aromatic N) is 4. The summed E-state index contributed by atoms with van der Waals surface area (Å²) < 4.78 is 15.2. The molecule has 4 rings (SSSR count). The van der Waals surface area contributed by atoms with Crippen LogP contribution >= 0.6 is 11.6 Å². The standard InChI is InChI=1S/C18H14ClFN4O/c19-15-10-13(20)6-7-14(15)18(25)23-8-9-24-16(11-23)21-22-17(24)12-4-2-1-3-5-12/h1-7,10H,8-9,11H2. The van der Waals surface area contributed by atoms with Crippen molar-refractivity contribution in [1.82, 2.24) is 19.7 Å². The topological polar surface area (TPSA) is 51.0 Å². The maximum Gasteiger partial charge on any atom is 0.255 e. The lowest BCUT2D eigenvalue weighted by molar-refractivity contribution is 0.0708. The Bertz CT molecular complexity index is 942. The highest BCUT2D eigenvalue weighted by Crippen LogP contribution is 2.24. The zero-order valence-corrected chi connectivity index (χ0v) is 13.9. The number of fused-ring (bicyclic) bond motifs is 1. The predicted molar refractivity (Wildman–Crippen MR) is 91.6 cm³/mol. The second kappa shape index (κ2) is 6.29. The van der Waals surface area contributed by atoms with Gasteiger partial charge in [0.15, 0.2) is 11.6 Å². The third-order valence-electron chi connectivity index (χ3n) is 4.23. The van der Waals surface area contributed by atoms with Gasteiger partial charge in [-0.2, -0.15) is 0 Å². The maximum absolute atomic E-state index is 13.2. The van der Waals surface area contributed by atoms with Crippen molar-refractivity contribution in [2.24, 2.45) is 0 Å². The van der Waals surface area contributed by atoms with Crippen LogP contribution in [-0.4, -0.2) is 32.1 Å². The van der Waals surface area contributed by atoms with Gasteiger partial charge in [0, 0.05) is 18.7 Å². The molecule has 0 atom stereocenters. The van der Waals surface area contributed by atoms with E-state index in [1.54, 1.807) is 4.90 Å². The molecular weight excluding hydrogens is 343 g/mol. The van der Waals surface area contributed by atoms with Crippen molar-refractivity contribution < 1.29 is 9.18 Å². The van der Waals surface area contributed by atoms with E-state index in [9.17, 15) is 9.18 Å². The molecule has 2 aromatic carbocycles. The lowest BCUT2D eigenvalue weighted by Crippen LogP contribution is -2.38. The fourth-order valence-electron chi connectivity index (χ4n) is 2.97. The number of rotatable bonds is 2. The predicted octanol–water partition coefficient (Wildman–Crippen LogP) is 3.39. The highest BCUT2D eigenvalue weighted by Gasteiger charge is 2.26. The van der Waals surface area contributed by atoms with Crippen LogP contribution in [0.3, 0.4) is 0 Å². The molecule has 0 unspecified atom stereocenters. The van der Waals surface area contributed by atoms with E-state index >= 15 is 0 Å². The van der Waals surface area contributed by atoms with Crippen LogP contribution < -0.4 is 0 Å². The zero-order valence-electron chi connectivity index (χ0n) is 13.2. The summed E-state index contributed by atoms with van der Waals surface area (Å²) in [6.45, 7) is 1.45. The first-order chi connectivity index (χ1) is 12.1. The van der Waals surface area contributed by atoms with Gasteiger partial charge in [0.25, 0.3) is 5.91 Å². The van der Waals surface area contributed by atoms with E-state index in [2.05, 4.69) is 10.2 Å². The first kappa shape index (κ1) is 15.8. The molecule has 0 fully saturated rings. The third-order valence-corrected chi connectivity index (χ3v) is 4.55. The van der Waals surface area contributed by atoms with Crippen molar-refractivity contribution in [3.05, 3.63) is 70.8 Å². The number of benzene rings is 2. The Balaban J connectivity index is 1.60. The molecule has 0 N–H and O–H groups in total. The van der Waals surface area contributed by atoms with Gasteiger partial charge in [-0.15, -0.1) is 10.2 Å². The average molecular weight is 357 g/mol. The number of hydrogen-bond donors (Lipinski definition) is 0. The summed E-state index contributed by atoms with van der Waals surface area (Å²) in [4.78, 5) is 14.3. The van der Waals surface area contributed by atoms with E-state index < -0.39 is 5.82 Å². The van der Waals surface area contributed by atoms with Crippen LogP contribution in [0.15, 0.2) is 48.5 Å². The SMILES string of the molecule is O=C(c1ccc(F)cc1Cl)N1CCn2c(nnc2-c2ccccc2)C1. The first-order valence-corrected chi connectivity index (χ1v) is 8.23. The summed E-state index contributed by atoms with van der Waals surface area (Å²) in [5.74, 6) is 0.812. The van der Waals surface area contributed by atoms with Crippen LogP contribution in [-0.2, 0) is 13.1 Å². The van der Waals surface area contributed by atoms with Crippen LogP contribution in [0.1, 0.15) is 16.2 Å². The zero-order chi connectivity index (χ0) is 17.4. The Labute approximate surface area is 148 Å². The number of amides is 1. The molecule has 0 saturated carbocycles. The van der Waals surface area contributed by atoms with Gasteiger partial charge in [0.1, 0.15) is 5.82 Å². The minimum absolute atomic E-state index is 0.113. The summed E-state index contributed by atoms with van der Waals surface area (Å²) in [6, 6.07) is 13.6. The van der Waals surface area contributed by atoms with E-state index in [1.165, 1.54) is 12.1 Å². The lowest BCUT2D eigenvalue weighted by atomic mass is 10.1. The summed E-state index contributed by atoms with van der Waals surface area (Å²) >= 11 is 6.01. The fraction of sp³-hybridized carbons (Fsp3) is 0.167. The van der Waals surface area contributed by atoms with Gasteiger partial charge in [-0.25, -0.2) is 4.39 Å². The molecule has 1 aliphatic heterocycles. The fourth-order valence-corrected chi connectivity index (χ4v) is 3.21. The molecule has 126 valence electrons. The molecule has 1 amide bonds. The monoisotopic (exact) mass is 356 g/mol. The molecule has 0 bridgehead atoms. The van der Waals surface area contributed by atoms with Crippen LogP contribution in [0.2, 0.25) is 5.02 Å². The summed E-state index contributed by atoms with van der Waals surface area (Å²) in [6.07, 6.45) is 0. The van der Waals surface area contributed by atoms with Crippen LogP contribution in [0.4, 0.5) is 4.39 Å². The number of carbonyl (C=O) groups excluding carboxylic acids is 1. The maximum atomic E-state index is 13.2. The molecule has 0 radical (unpaired) electrons. The van der Waals surface area contributed by atoms with E-state index in [0.717, 1.165) is 23.3 Å². The number of aromatic nitrogens is 3. The summed E-state index contributed by atoms with van der Waals surface area (Å²) in [5, 5.41) is 8.60. The number of hydrogen-bond acceptors (Lipinski definition) is 3. The Morgan fingerprint density at radius 1 is 1.08 bits per heavy atom. The Morgan fingerprint density at radius 3 is 2.64 bits per heavy atom. The normalized spacial score (nSPS) is 13.6. The van der Waals surface area contributed by atoms with Gasteiger partial charge in [-0.1, -0.05) is 41.9 Å². The van der Waals surface area contributed by atoms with Crippen molar-refractivity contribution in [2.75, 3.05) is 6.54 Å². The molecule has 0 saturated heterocycles. The van der Waals surface area contributed by atoms with Crippen molar-refractivity contribution in [2.45, 2.75) is 13.1 Å². The third kappa shape index (κ3) is 2.89. The number of carbonyl (C=O) groups is 1. The lowest BCUT2D eigenvalue weighted by Gasteiger charge is -2.28. The van der Waals surface area contributed by atoms with Crippen molar-refractivity contribution in [3.63, 3.8) is 0 Å². The smallest absolute Gasteiger partial charge is 0.255 e. The Kier molecular flexibility index (Phi) is 3.97. The highest BCUT2D eigenvalue weighted by molar-refractivity contribution is 6.33. The highest BCUT2D eigenvalue weighted by atomic mass is 35.5. The largest absolute Gasteiger partial charge is 0.329 e. The van der Waals surface area contributed by atoms with E-state index in [4.69, 9.17) is 11.6 Å². The van der Waals surface area contributed by atoms with Gasteiger partial charge < -0.3 is 9.47 Å². The van der Waals surface area contributed by atoms with Gasteiger partial charge in [0.2, 0.25) is 0 Å². The van der Waals surface area contributed by atoms with E-state index in [1.807, 2.05) is 34.9 Å². The van der Waals surface area contributed by atoms with Gasteiger partial charge in [0.05, 0.1) is 17.1 Å². The molecule has 3 aromatic rings. The van der Waals surface area contributed by atoms with Crippen LogP contribution in [0.25, 0.3) is 11.4 Å².